The Morgan fingerprint density at radius 2 is 1.79 bits per heavy atom. The second-order valence-electron chi connectivity index (χ2n) is 5.42. The number of aromatic nitrogens is 1. The first kappa shape index (κ1) is 16.9. The van der Waals surface area contributed by atoms with Crippen molar-refractivity contribution < 1.29 is 8.42 Å². The molecule has 0 aliphatic rings. The fourth-order valence-electron chi connectivity index (χ4n) is 2.49. The van der Waals surface area contributed by atoms with Gasteiger partial charge in [0.25, 0.3) is 0 Å². The monoisotopic (exact) mass is 360 g/mol. The summed E-state index contributed by atoms with van der Waals surface area (Å²) in [6, 6.07) is 16.5. The van der Waals surface area contributed by atoms with Gasteiger partial charge in [-0.15, -0.1) is 0 Å². The zero-order valence-corrected chi connectivity index (χ0v) is 14.5. The molecule has 0 unspecified atom stereocenters. The lowest BCUT2D eigenvalue weighted by Gasteiger charge is -2.10. The second-order valence-corrected chi connectivity index (χ2v) is 7.87. The van der Waals surface area contributed by atoms with Crippen molar-refractivity contribution in [1.82, 2.24) is 10.3 Å². The number of hydrogen-bond donors (Lipinski definition) is 1. The van der Waals surface area contributed by atoms with Crippen molar-refractivity contribution in [1.29, 1.82) is 0 Å². The Hall–Kier alpha value is -1.95. The van der Waals surface area contributed by atoms with Gasteiger partial charge in [-0.2, -0.15) is 0 Å². The Bertz CT molecular complexity index is 944. The Morgan fingerprint density at radius 1 is 1.00 bits per heavy atom. The van der Waals surface area contributed by atoms with Gasteiger partial charge >= 0.3 is 0 Å². The van der Waals surface area contributed by atoms with E-state index in [2.05, 4.69) is 10.3 Å². The van der Waals surface area contributed by atoms with E-state index in [4.69, 9.17) is 11.6 Å². The molecule has 24 heavy (non-hydrogen) atoms. The number of hydrogen-bond acceptors (Lipinski definition) is 4. The molecule has 1 N–H and O–H groups in total. The van der Waals surface area contributed by atoms with Crippen LogP contribution >= 0.6 is 11.6 Å². The van der Waals surface area contributed by atoms with Crippen LogP contribution in [0.3, 0.4) is 0 Å². The Labute approximate surface area is 146 Å². The van der Waals surface area contributed by atoms with Crippen LogP contribution in [0.2, 0.25) is 5.02 Å². The third-order valence-electron chi connectivity index (χ3n) is 3.74. The van der Waals surface area contributed by atoms with E-state index >= 15 is 0 Å². The molecule has 1 heterocycles. The first-order valence-corrected chi connectivity index (χ1v) is 9.61. The zero-order chi connectivity index (χ0) is 17.0. The summed E-state index contributed by atoms with van der Waals surface area (Å²) < 4.78 is 25.1. The lowest BCUT2D eigenvalue weighted by atomic mass is 10.1. The third-order valence-corrected chi connectivity index (χ3v) is 6.01. The molecule has 0 amide bonds. The van der Waals surface area contributed by atoms with Gasteiger partial charge in [-0.25, -0.2) is 8.42 Å². The van der Waals surface area contributed by atoms with E-state index in [1.54, 1.807) is 18.3 Å². The molecule has 0 bridgehead atoms. The summed E-state index contributed by atoms with van der Waals surface area (Å²) in [7, 11) is -3.45. The SMILES string of the molecule is O=S(=O)(CCNCc1ccccn1)c1ccc2ccccc2c1Cl. The average molecular weight is 361 g/mol. The van der Waals surface area contributed by atoms with Gasteiger partial charge < -0.3 is 5.32 Å². The van der Waals surface area contributed by atoms with Crippen LogP contribution in [0.4, 0.5) is 0 Å². The Morgan fingerprint density at radius 3 is 2.58 bits per heavy atom. The fourth-order valence-corrected chi connectivity index (χ4v) is 4.37. The summed E-state index contributed by atoms with van der Waals surface area (Å²) in [5.74, 6) is -0.0160. The van der Waals surface area contributed by atoms with Crippen molar-refractivity contribution in [2.75, 3.05) is 12.3 Å². The summed E-state index contributed by atoms with van der Waals surface area (Å²) in [5, 5.41) is 5.07. The lowest BCUT2D eigenvalue weighted by Crippen LogP contribution is -2.23. The molecule has 1 aromatic heterocycles. The Balaban J connectivity index is 1.70. The average Bonchev–Trinajstić information content (AvgIpc) is 2.60. The molecule has 2 aromatic carbocycles. The number of pyridine rings is 1. The smallest absolute Gasteiger partial charge is 0.181 e. The first-order chi connectivity index (χ1) is 11.6. The summed E-state index contributed by atoms with van der Waals surface area (Å²) in [6.07, 6.45) is 1.71. The molecule has 0 aliphatic heterocycles. The maximum Gasteiger partial charge on any atom is 0.181 e. The van der Waals surface area contributed by atoms with Gasteiger partial charge in [0.2, 0.25) is 0 Å². The molecule has 0 atom stereocenters. The molecule has 4 nitrogen and oxygen atoms in total. The number of sulfone groups is 1. The maximum absolute atomic E-state index is 12.6. The number of fused-ring (bicyclic) bond motifs is 1. The maximum atomic E-state index is 12.6. The molecular weight excluding hydrogens is 344 g/mol. The predicted molar refractivity (Wildman–Crippen MR) is 97.0 cm³/mol. The number of rotatable bonds is 6. The Kier molecular flexibility index (Phi) is 5.14. The van der Waals surface area contributed by atoms with Crippen molar-refractivity contribution in [3.8, 4) is 0 Å². The highest BCUT2D eigenvalue weighted by atomic mass is 35.5. The highest BCUT2D eigenvalue weighted by Crippen LogP contribution is 2.30. The van der Waals surface area contributed by atoms with Crippen LogP contribution in [-0.4, -0.2) is 25.7 Å². The van der Waals surface area contributed by atoms with Gasteiger partial charge in [0.1, 0.15) is 0 Å². The molecule has 0 saturated carbocycles. The molecule has 0 radical (unpaired) electrons. The van der Waals surface area contributed by atoms with Crippen LogP contribution in [0.1, 0.15) is 5.69 Å². The van der Waals surface area contributed by atoms with Crippen LogP contribution < -0.4 is 5.32 Å². The molecule has 0 fully saturated rings. The van der Waals surface area contributed by atoms with Crippen LogP contribution in [0.5, 0.6) is 0 Å². The summed E-state index contributed by atoms with van der Waals surface area (Å²) in [4.78, 5) is 4.37. The van der Waals surface area contributed by atoms with E-state index in [9.17, 15) is 8.42 Å². The van der Waals surface area contributed by atoms with Crippen molar-refractivity contribution in [2.45, 2.75) is 11.4 Å². The molecular formula is C18H17ClN2O2S. The molecule has 3 rings (SSSR count). The van der Waals surface area contributed by atoms with Crippen molar-refractivity contribution in [3.05, 3.63) is 71.5 Å². The number of halogens is 1. The van der Waals surface area contributed by atoms with E-state index in [0.717, 1.165) is 16.5 Å². The number of nitrogens with zero attached hydrogens (tertiary/aromatic N) is 1. The first-order valence-electron chi connectivity index (χ1n) is 7.58. The minimum atomic E-state index is -3.45. The second kappa shape index (κ2) is 7.30. The van der Waals surface area contributed by atoms with Gasteiger partial charge in [0.05, 0.1) is 21.4 Å². The standard InChI is InChI=1S/C18H17ClN2O2S/c19-18-16-7-2-1-5-14(16)8-9-17(18)24(22,23)12-11-20-13-15-6-3-4-10-21-15/h1-10,20H,11-13H2. The summed E-state index contributed by atoms with van der Waals surface area (Å²) >= 11 is 6.33. The van der Waals surface area contributed by atoms with Crippen LogP contribution in [0.25, 0.3) is 10.8 Å². The minimum Gasteiger partial charge on any atom is -0.310 e. The van der Waals surface area contributed by atoms with Gasteiger partial charge in [-0.1, -0.05) is 48.0 Å². The van der Waals surface area contributed by atoms with Crippen LogP contribution in [-0.2, 0) is 16.4 Å². The summed E-state index contributed by atoms with van der Waals surface area (Å²) in [6.45, 7) is 0.865. The molecule has 0 saturated heterocycles. The van der Waals surface area contributed by atoms with E-state index in [1.165, 1.54) is 0 Å². The molecule has 3 aromatic rings. The number of benzene rings is 2. The highest BCUT2D eigenvalue weighted by Gasteiger charge is 2.19. The van der Waals surface area contributed by atoms with Crippen molar-refractivity contribution in [3.63, 3.8) is 0 Å². The van der Waals surface area contributed by atoms with Gasteiger partial charge in [0.15, 0.2) is 9.84 Å². The summed E-state index contributed by atoms with van der Waals surface area (Å²) in [5.41, 5.74) is 0.874. The van der Waals surface area contributed by atoms with Gasteiger partial charge in [-0.05, 0) is 23.6 Å². The quantitative estimate of drug-likeness (QED) is 0.684. The lowest BCUT2D eigenvalue weighted by molar-refractivity contribution is 0.590. The van der Waals surface area contributed by atoms with Gasteiger partial charge in [0, 0.05) is 24.7 Å². The van der Waals surface area contributed by atoms with Crippen LogP contribution in [0.15, 0.2) is 65.7 Å². The van der Waals surface area contributed by atoms with E-state index in [-0.39, 0.29) is 15.7 Å². The van der Waals surface area contributed by atoms with Crippen molar-refractivity contribution >= 4 is 32.2 Å². The van der Waals surface area contributed by atoms with Gasteiger partial charge in [-0.3, -0.25) is 4.98 Å². The van der Waals surface area contributed by atoms with Crippen LogP contribution in [0, 0.1) is 0 Å². The zero-order valence-electron chi connectivity index (χ0n) is 12.9. The molecule has 0 spiro atoms. The van der Waals surface area contributed by atoms with E-state index in [1.807, 2.05) is 42.5 Å². The van der Waals surface area contributed by atoms with E-state index in [0.29, 0.717) is 13.1 Å². The normalized spacial score (nSPS) is 11.7. The third kappa shape index (κ3) is 3.75. The van der Waals surface area contributed by atoms with E-state index < -0.39 is 9.84 Å². The topological polar surface area (TPSA) is 59.1 Å². The number of nitrogens with one attached hydrogen (secondary N) is 1. The molecule has 0 aliphatic carbocycles. The predicted octanol–water partition coefficient (Wildman–Crippen LogP) is 3.45. The largest absolute Gasteiger partial charge is 0.310 e. The highest BCUT2D eigenvalue weighted by molar-refractivity contribution is 7.91. The molecule has 124 valence electrons. The fraction of sp³-hybridized carbons (Fsp3) is 0.167. The van der Waals surface area contributed by atoms with Crippen molar-refractivity contribution in [2.24, 2.45) is 0 Å². The minimum absolute atomic E-state index is 0.0160. The molecule has 6 heteroatoms.